The van der Waals surface area contributed by atoms with E-state index in [1.807, 2.05) is 0 Å². The lowest BCUT2D eigenvalue weighted by atomic mass is 9.81. The molecular formula is C24HF49S. The van der Waals surface area contributed by atoms with Gasteiger partial charge in [-0.05, 0) is 0 Å². The normalized spacial score (nSPS) is 17.6. The summed E-state index contributed by atoms with van der Waals surface area (Å²) in [5.41, 5.74) is 0. The van der Waals surface area contributed by atoms with Crippen molar-refractivity contribution in [1.29, 1.82) is 0 Å². The molecule has 0 saturated heterocycles. The Hall–Kier alpha value is -3.08. The second-order valence-electron chi connectivity index (χ2n) is 13.7. The van der Waals surface area contributed by atoms with Gasteiger partial charge in [0.2, 0.25) is 0 Å². The SMILES string of the molecule is FC(F)(F)C(F)(F)C(F)(F)C(F)(F)C(F)(F)C(F)(F)C(F)(F)C(F)(F)C(F)(F)C(F)(F)C(F)(F)C(F)(F)C(F)(F)C(F)(F)C(F)(F)C(F)(F)C(F)(F)C(F)(F)C(F)(F)C(F)(F)C(F)(F)C(F)(F)C(F)(F)C(F)(F)S. The molecule has 0 aliphatic heterocycles. The van der Waals surface area contributed by atoms with Crippen LogP contribution in [-0.4, -0.2) is 142 Å². The summed E-state index contributed by atoms with van der Waals surface area (Å²) in [6, 6.07) is 0. The number of halogens is 49. The van der Waals surface area contributed by atoms with Gasteiger partial charge >= 0.3 is 142 Å². The highest BCUT2D eigenvalue weighted by Gasteiger charge is 3.04. The second kappa shape index (κ2) is 16.7. The highest BCUT2D eigenvalue weighted by molar-refractivity contribution is 7.81. The monoisotopic (exact) mass is 1250 g/mol. The molecular weight excluding hydrogens is 1250 g/mol. The number of thiol groups is 1. The molecule has 0 rings (SSSR count). The minimum Gasteiger partial charge on any atom is -0.192 e. The highest BCUT2D eigenvalue weighted by atomic mass is 32.1. The predicted molar refractivity (Wildman–Crippen MR) is 129 cm³/mol. The number of rotatable bonds is 22. The minimum absolute atomic E-state index is 0.997. The van der Waals surface area contributed by atoms with E-state index in [1.165, 1.54) is 0 Å². The molecule has 0 unspecified atom stereocenters. The van der Waals surface area contributed by atoms with Gasteiger partial charge in [0.1, 0.15) is 0 Å². The molecule has 0 saturated carbocycles. The maximum Gasteiger partial charge on any atom is 0.460 e. The first-order valence-corrected chi connectivity index (χ1v) is 15.7. The topological polar surface area (TPSA) is 0 Å². The van der Waals surface area contributed by atoms with Gasteiger partial charge in [-0.15, -0.1) is 0 Å². The van der Waals surface area contributed by atoms with Crippen molar-refractivity contribution in [1.82, 2.24) is 0 Å². The summed E-state index contributed by atoms with van der Waals surface area (Å²) in [5.74, 6) is -227. The lowest BCUT2D eigenvalue weighted by Crippen LogP contribution is -2.81. The lowest BCUT2D eigenvalue weighted by Gasteiger charge is -2.47. The van der Waals surface area contributed by atoms with Crippen molar-refractivity contribution in [3.63, 3.8) is 0 Å². The number of hydrogen-bond donors (Lipinski definition) is 1. The van der Waals surface area contributed by atoms with Crippen LogP contribution in [-0.2, 0) is 0 Å². The van der Waals surface area contributed by atoms with E-state index >= 15 is 0 Å². The fourth-order valence-electron chi connectivity index (χ4n) is 4.31. The van der Waals surface area contributed by atoms with Gasteiger partial charge in [0.15, 0.2) is 0 Å². The van der Waals surface area contributed by atoms with Crippen LogP contribution in [0.5, 0.6) is 0 Å². The largest absolute Gasteiger partial charge is 0.460 e. The van der Waals surface area contributed by atoms with Crippen molar-refractivity contribution in [2.24, 2.45) is 0 Å². The summed E-state index contributed by atoms with van der Waals surface area (Å²) >= 11 is 0.997. The first kappa shape index (κ1) is 70.9. The van der Waals surface area contributed by atoms with Crippen LogP contribution in [0.15, 0.2) is 0 Å². The van der Waals surface area contributed by atoms with E-state index in [2.05, 4.69) is 0 Å². The maximum atomic E-state index is 14.1. The number of hydrogen-bond acceptors (Lipinski definition) is 1. The second-order valence-corrected chi connectivity index (χ2v) is 14.2. The Balaban J connectivity index is 8.18. The summed E-state index contributed by atoms with van der Waals surface area (Å²) in [4.78, 5) is 0. The van der Waals surface area contributed by atoms with Crippen molar-refractivity contribution in [3.8, 4) is 0 Å². The van der Waals surface area contributed by atoms with Crippen LogP contribution < -0.4 is 0 Å². The van der Waals surface area contributed by atoms with Crippen molar-refractivity contribution in [3.05, 3.63) is 0 Å². The Morgan fingerprint density at radius 1 is 0.108 bits per heavy atom. The van der Waals surface area contributed by atoms with Crippen molar-refractivity contribution in [2.45, 2.75) is 142 Å². The van der Waals surface area contributed by atoms with Gasteiger partial charge in [-0.2, -0.15) is 215 Å². The van der Waals surface area contributed by atoms with Gasteiger partial charge in [0.05, 0.1) is 0 Å². The zero-order valence-corrected chi connectivity index (χ0v) is 31.9. The first-order chi connectivity index (χ1) is 30.8. The molecule has 0 fully saturated rings. The van der Waals surface area contributed by atoms with E-state index < -0.39 is 142 Å². The molecule has 74 heavy (non-hydrogen) atoms. The first-order valence-electron chi connectivity index (χ1n) is 15.2. The van der Waals surface area contributed by atoms with Crippen molar-refractivity contribution < 1.29 is 215 Å². The summed E-state index contributed by atoms with van der Waals surface area (Å²) in [6.45, 7) is 0. The van der Waals surface area contributed by atoms with E-state index in [1.54, 1.807) is 0 Å². The van der Waals surface area contributed by atoms with Crippen LogP contribution in [0.4, 0.5) is 215 Å². The Morgan fingerprint density at radius 2 is 0.176 bits per heavy atom. The highest BCUT2D eigenvalue weighted by Crippen LogP contribution is 2.72. The minimum atomic E-state index is -10.9. The van der Waals surface area contributed by atoms with E-state index in [0.717, 1.165) is 12.6 Å². The smallest absolute Gasteiger partial charge is 0.192 e. The zero-order chi connectivity index (χ0) is 62.0. The fraction of sp³-hybridized carbons (Fsp3) is 1.00. The summed E-state index contributed by atoms with van der Waals surface area (Å²) in [7, 11) is 0. The molecule has 0 amide bonds. The van der Waals surface area contributed by atoms with Gasteiger partial charge in [-0.3, -0.25) is 0 Å². The average Bonchev–Trinajstić information content (AvgIpc) is 3.15. The number of alkyl halides is 49. The molecule has 0 aromatic heterocycles. The van der Waals surface area contributed by atoms with Crippen LogP contribution in [0.2, 0.25) is 0 Å². The molecule has 0 spiro atoms. The van der Waals surface area contributed by atoms with E-state index in [9.17, 15) is 215 Å². The van der Waals surface area contributed by atoms with Gasteiger partial charge in [-0.1, -0.05) is 12.6 Å². The third-order valence-electron chi connectivity index (χ3n) is 9.01. The molecule has 0 N–H and O–H groups in total. The predicted octanol–water partition coefficient (Wildman–Crippen LogP) is 16.0. The Kier molecular flexibility index (Phi) is 16.0. The molecule has 0 heterocycles. The average molecular weight is 1250 g/mol. The van der Waals surface area contributed by atoms with Gasteiger partial charge in [-0.25, -0.2) is 0 Å². The maximum absolute atomic E-state index is 14.1. The van der Waals surface area contributed by atoms with E-state index in [0.29, 0.717) is 0 Å². The Labute approximate surface area is 370 Å². The lowest BCUT2D eigenvalue weighted by molar-refractivity contribution is -0.498. The third-order valence-corrected chi connectivity index (χ3v) is 9.30. The van der Waals surface area contributed by atoms with Crippen molar-refractivity contribution >= 4 is 12.6 Å². The zero-order valence-electron chi connectivity index (χ0n) is 31.0. The molecule has 50 heteroatoms. The van der Waals surface area contributed by atoms with Crippen LogP contribution in [0.3, 0.4) is 0 Å². The van der Waals surface area contributed by atoms with Crippen LogP contribution in [0.25, 0.3) is 0 Å². The standard InChI is InChI=1S/C24HF49S/c25-1(26,3(29,30)5(33,34)7(37,38)9(41,42)11(45,46)13(49,50)15(53,54)17(57,58)19(61,62)21(65,66)23(69,70)71)2(27,28)4(31,32)6(35,36)8(39,40)10(43,44)12(47,48)14(51,52)16(55,56)18(59,60)20(63,64)22(67,68)24(72,73)74/h74H. The van der Waals surface area contributed by atoms with Crippen LogP contribution in [0, 0.1) is 0 Å². The molecule has 0 radical (unpaired) electrons. The fourth-order valence-corrected chi connectivity index (χ4v) is 4.45. The molecule has 0 aromatic carbocycles. The summed E-state index contributed by atoms with van der Waals surface area (Å²) in [6.07, 6.45) is -8.62. The van der Waals surface area contributed by atoms with Crippen LogP contribution >= 0.6 is 12.6 Å². The molecule has 0 aromatic rings. The third kappa shape index (κ3) is 7.65. The molecule has 0 aliphatic carbocycles. The molecule has 0 aliphatic rings. The molecule has 0 nitrogen and oxygen atoms in total. The quantitative estimate of drug-likeness (QED) is 0.0811. The van der Waals surface area contributed by atoms with Gasteiger partial charge in [0.25, 0.3) is 0 Å². The molecule has 446 valence electrons. The van der Waals surface area contributed by atoms with Gasteiger partial charge < -0.3 is 0 Å². The Bertz CT molecular complexity index is 1890. The molecule has 0 atom stereocenters. The van der Waals surface area contributed by atoms with E-state index in [4.69, 9.17) is 0 Å². The van der Waals surface area contributed by atoms with Crippen molar-refractivity contribution in [2.75, 3.05) is 0 Å². The van der Waals surface area contributed by atoms with E-state index in [-0.39, 0.29) is 0 Å². The Morgan fingerprint density at radius 3 is 0.243 bits per heavy atom. The van der Waals surface area contributed by atoms with Gasteiger partial charge in [0, 0.05) is 0 Å². The summed E-state index contributed by atoms with van der Waals surface area (Å²) in [5, 5.41) is -7.43. The summed E-state index contributed by atoms with van der Waals surface area (Å²) < 4.78 is 668. The molecule has 0 bridgehead atoms. The van der Waals surface area contributed by atoms with Crippen LogP contribution in [0.1, 0.15) is 0 Å².